The van der Waals surface area contributed by atoms with Crippen LogP contribution in [-0.4, -0.2) is 54.8 Å². The molecule has 128 valence electrons. The quantitative estimate of drug-likeness (QED) is 0.813. The molecule has 0 saturated carbocycles. The van der Waals surface area contributed by atoms with Crippen molar-refractivity contribution in [1.29, 1.82) is 0 Å². The molecule has 1 aromatic rings. The third kappa shape index (κ3) is 7.20. The number of carbonyl (C=O) groups is 2. The number of halogens is 2. The summed E-state index contributed by atoms with van der Waals surface area (Å²) in [5.74, 6) is -0.168. The zero-order valence-electron chi connectivity index (χ0n) is 13.9. The molecule has 0 saturated heterocycles. The van der Waals surface area contributed by atoms with Crippen molar-refractivity contribution in [2.45, 2.75) is 26.4 Å². The molecule has 0 spiro atoms. The van der Waals surface area contributed by atoms with Gasteiger partial charge in [-0.3, -0.25) is 14.5 Å². The standard InChI is InChI=1S/C16H23Cl2N3O2/c1-11(2)19-15(22)9-20(3)10-16(23)21(4)8-12-5-6-13(17)14(18)7-12/h5-7,11H,8-10H2,1-4H3,(H,19,22). The Labute approximate surface area is 147 Å². The van der Waals surface area contributed by atoms with E-state index in [0.717, 1.165) is 5.56 Å². The SMILES string of the molecule is CC(C)NC(=O)CN(C)CC(=O)N(C)Cc1ccc(Cl)c(Cl)c1. The maximum absolute atomic E-state index is 12.2. The van der Waals surface area contributed by atoms with Gasteiger partial charge in [-0.05, 0) is 38.6 Å². The Morgan fingerprint density at radius 2 is 1.78 bits per heavy atom. The summed E-state index contributed by atoms with van der Waals surface area (Å²) in [4.78, 5) is 27.2. The van der Waals surface area contributed by atoms with Crippen molar-refractivity contribution in [3.63, 3.8) is 0 Å². The van der Waals surface area contributed by atoms with Gasteiger partial charge in [0, 0.05) is 19.6 Å². The van der Waals surface area contributed by atoms with Gasteiger partial charge in [0.1, 0.15) is 0 Å². The van der Waals surface area contributed by atoms with Crippen LogP contribution in [0.5, 0.6) is 0 Å². The van der Waals surface area contributed by atoms with E-state index in [1.54, 1.807) is 36.0 Å². The lowest BCUT2D eigenvalue weighted by Crippen LogP contribution is -2.42. The fraction of sp³-hybridized carbons (Fsp3) is 0.500. The average Bonchev–Trinajstić information content (AvgIpc) is 2.41. The smallest absolute Gasteiger partial charge is 0.236 e. The Morgan fingerprint density at radius 1 is 1.13 bits per heavy atom. The van der Waals surface area contributed by atoms with E-state index in [-0.39, 0.29) is 30.9 Å². The Bertz CT molecular complexity index is 564. The highest BCUT2D eigenvalue weighted by Gasteiger charge is 2.15. The number of benzene rings is 1. The summed E-state index contributed by atoms with van der Waals surface area (Å²) in [5.41, 5.74) is 0.899. The Balaban J connectivity index is 2.49. The number of likely N-dealkylation sites (N-methyl/N-ethyl adjacent to an activating group) is 2. The van der Waals surface area contributed by atoms with E-state index in [2.05, 4.69) is 5.32 Å². The lowest BCUT2D eigenvalue weighted by atomic mass is 10.2. The van der Waals surface area contributed by atoms with E-state index < -0.39 is 0 Å². The third-order valence-corrected chi connectivity index (χ3v) is 3.84. The number of hydrogen-bond donors (Lipinski definition) is 1. The number of amides is 2. The Hall–Kier alpha value is -1.30. The number of nitrogens with one attached hydrogen (secondary N) is 1. The minimum atomic E-state index is -0.0950. The molecule has 1 N–H and O–H groups in total. The van der Waals surface area contributed by atoms with Gasteiger partial charge in [-0.2, -0.15) is 0 Å². The zero-order valence-corrected chi connectivity index (χ0v) is 15.4. The first-order valence-electron chi connectivity index (χ1n) is 7.34. The second kappa shape index (κ2) is 9.11. The second-order valence-electron chi connectivity index (χ2n) is 5.89. The molecule has 0 heterocycles. The maximum atomic E-state index is 12.2. The molecular weight excluding hydrogens is 337 g/mol. The number of carbonyl (C=O) groups excluding carboxylic acids is 2. The van der Waals surface area contributed by atoms with Crippen LogP contribution in [0.3, 0.4) is 0 Å². The van der Waals surface area contributed by atoms with E-state index in [1.165, 1.54) is 0 Å². The molecule has 1 aromatic carbocycles. The predicted octanol–water partition coefficient (Wildman–Crippen LogP) is 2.41. The van der Waals surface area contributed by atoms with Crippen LogP contribution in [0.25, 0.3) is 0 Å². The molecule has 0 aliphatic rings. The number of hydrogen-bond acceptors (Lipinski definition) is 3. The monoisotopic (exact) mass is 359 g/mol. The first-order chi connectivity index (χ1) is 10.7. The van der Waals surface area contributed by atoms with Gasteiger partial charge >= 0.3 is 0 Å². The molecule has 1 rings (SSSR count). The summed E-state index contributed by atoms with van der Waals surface area (Å²) in [6.45, 7) is 4.58. The van der Waals surface area contributed by atoms with E-state index in [4.69, 9.17) is 23.2 Å². The minimum Gasteiger partial charge on any atom is -0.353 e. The molecule has 0 aromatic heterocycles. The van der Waals surface area contributed by atoms with Gasteiger partial charge in [0.2, 0.25) is 11.8 Å². The van der Waals surface area contributed by atoms with E-state index >= 15 is 0 Å². The van der Waals surface area contributed by atoms with Gasteiger partial charge in [0.25, 0.3) is 0 Å². The van der Waals surface area contributed by atoms with Gasteiger partial charge in [0.15, 0.2) is 0 Å². The highest BCUT2D eigenvalue weighted by molar-refractivity contribution is 6.42. The second-order valence-corrected chi connectivity index (χ2v) is 6.71. The molecule has 7 heteroatoms. The lowest BCUT2D eigenvalue weighted by Gasteiger charge is -2.22. The van der Waals surface area contributed by atoms with Crippen molar-refractivity contribution in [3.05, 3.63) is 33.8 Å². The third-order valence-electron chi connectivity index (χ3n) is 3.10. The van der Waals surface area contributed by atoms with Crippen LogP contribution in [0.15, 0.2) is 18.2 Å². The number of nitrogens with zero attached hydrogens (tertiary/aromatic N) is 2. The number of rotatable bonds is 7. The average molecular weight is 360 g/mol. The van der Waals surface area contributed by atoms with Gasteiger partial charge in [0.05, 0.1) is 23.1 Å². The van der Waals surface area contributed by atoms with Gasteiger partial charge in [-0.1, -0.05) is 29.3 Å². The van der Waals surface area contributed by atoms with Crippen molar-refractivity contribution in [2.24, 2.45) is 0 Å². The predicted molar refractivity (Wildman–Crippen MR) is 93.7 cm³/mol. The highest BCUT2D eigenvalue weighted by Crippen LogP contribution is 2.23. The topological polar surface area (TPSA) is 52.7 Å². The molecule has 0 fully saturated rings. The van der Waals surface area contributed by atoms with Crippen molar-refractivity contribution in [3.8, 4) is 0 Å². The van der Waals surface area contributed by atoms with Crippen LogP contribution in [-0.2, 0) is 16.1 Å². The van der Waals surface area contributed by atoms with Crippen LogP contribution < -0.4 is 5.32 Å². The summed E-state index contributed by atoms with van der Waals surface area (Å²) in [5, 5.41) is 3.75. The fourth-order valence-electron chi connectivity index (χ4n) is 2.02. The van der Waals surface area contributed by atoms with Crippen molar-refractivity contribution in [1.82, 2.24) is 15.1 Å². The first-order valence-corrected chi connectivity index (χ1v) is 8.10. The van der Waals surface area contributed by atoms with Crippen LogP contribution in [0, 0.1) is 0 Å². The van der Waals surface area contributed by atoms with Gasteiger partial charge in [-0.15, -0.1) is 0 Å². The zero-order chi connectivity index (χ0) is 17.6. The highest BCUT2D eigenvalue weighted by atomic mass is 35.5. The van der Waals surface area contributed by atoms with E-state index in [0.29, 0.717) is 16.6 Å². The molecular formula is C16H23Cl2N3O2. The molecule has 0 aliphatic carbocycles. The molecule has 0 radical (unpaired) electrons. The van der Waals surface area contributed by atoms with Crippen LogP contribution in [0.4, 0.5) is 0 Å². The molecule has 2 amide bonds. The largest absolute Gasteiger partial charge is 0.353 e. The normalized spacial score (nSPS) is 11.0. The fourth-order valence-corrected chi connectivity index (χ4v) is 2.34. The minimum absolute atomic E-state index is 0.0732. The molecule has 0 bridgehead atoms. The summed E-state index contributed by atoms with van der Waals surface area (Å²) in [7, 11) is 3.46. The van der Waals surface area contributed by atoms with Crippen LogP contribution >= 0.6 is 23.2 Å². The molecule has 0 atom stereocenters. The van der Waals surface area contributed by atoms with Crippen LogP contribution in [0.1, 0.15) is 19.4 Å². The summed E-state index contributed by atoms with van der Waals surface area (Å²) >= 11 is 11.8. The maximum Gasteiger partial charge on any atom is 0.236 e. The van der Waals surface area contributed by atoms with E-state index in [1.807, 2.05) is 19.9 Å². The molecule has 0 unspecified atom stereocenters. The van der Waals surface area contributed by atoms with E-state index in [9.17, 15) is 9.59 Å². The molecule has 0 aliphatic heterocycles. The van der Waals surface area contributed by atoms with Crippen molar-refractivity contribution in [2.75, 3.05) is 27.2 Å². The van der Waals surface area contributed by atoms with Crippen molar-refractivity contribution < 1.29 is 9.59 Å². The Morgan fingerprint density at radius 3 is 2.35 bits per heavy atom. The summed E-state index contributed by atoms with van der Waals surface area (Å²) in [6, 6.07) is 5.37. The summed E-state index contributed by atoms with van der Waals surface area (Å²) in [6.07, 6.45) is 0. The first kappa shape index (κ1) is 19.7. The Kier molecular flexibility index (Phi) is 7.82. The molecule has 5 nitrogen and oxygen atoms in total. The van der Waals surface area contributed by atoms with Gasteiger partial charge < -0.3 is 10.2 Å². The lowest BCUT2D eigenvalue weighted by molar-refractivity contribution is -0.132. The molecule has 23 heavy (non-hydrogen) atoms. The van der Waals surface area contributed by atoms with Gasteiger partial charge in [-0.25, -0.2) is 0 Å². The summed E-state index contributed by atoms with van der Waals surface area (Å²) < 4.78 is 0. The van der Waals surface area contributed by atoms with Crippen LogP contribution in [0.2, 0.25) is 10.0 Å². The van der Waals surface area contributed by atoms with Crippen molar-refractivity contribution >= 4 is 35.0 Å².